The first kappa shape index (κ1) is 52.7. The van der Waals surface area contributed by atoms with Gasteiger partial charge in [0.2, 0.25) is 47.9 Å². The van der Waals surface area contributed by atoms with Crippen LogP contribution in [0.15, 0.2) is 146 Å². The summed E-state index contributed by atoms with van der Waals surface area (Å²) in [6.45, 7) is 0.337. The zero-order valence-electron chi connectivity index (χ0n) is 40.7. The number of sulfonamides is 3. The molecule has 0 radical (unpaired) electrons. The van der Waals surface area contributed by atoms with Gasteiger partial charge in [0.25, 0.3) is 0 Å². The normalized spacial score (nSPS) is 12.0. The highest BCUT2D eigenvalue weighted by Crippen LogP contribution is 2.37. The minimum absolute atomic E-state index is 0.0285. The maximum Gasteiger partial charge on any atom is 0.233 e. The maximum absolute atomic E-state index is 12.2. The summed E-state index contributed by atoms with van der Waals surface area (Å²) in [6.07, 6.45) is 3.38. The van der Waals surface area contributed by atoms with Crippen molar-refractivity contribution >= 4 is 65.0 Å². The standard InChI is InChI=1S/C51H57N9O9S3/c1-58(70(4,61)62)28-31-67-46-25-22-40(37-16-10-7-11-17-37)34-43(46)52-49-55-50(53-44-35-41(38-18-12-8-13-19-38)23-26-47(44)68-32-29-59(2)71(5,63)64)57-51(56-49)54-45-36-42(39-20-14-9-15-21-39)24-27-48(45)69-33-30-60(3)72(6,65)66/h7-27,34-36H,28-33H2,1-6H3,(H3,52,53,54,55,56,57). The summed E-state index contributed by atoms with van der Waals surface area (Å²) < 4.78 is 95.6. The Morgan fingerprint density at radius 2 is 0.625 bits per heavy atom. The molecule has 0 aliphatic carbocycles. The lowest BCUT2D eigenvalue weighted by Gasteiger charge is -2.19. The van der Waals surface area contributed by atoms with E-state index in [4.69, 9.17) is 29.2 Å². The van der Waals surface area contributed by atoms with Crippen LogP contribution in [-0.2, 0) is 30.1 Å². The van der Waals surface area contributed by atoms with Gasteiger partial charge >= 0.3 is 0 Å². The van der Waals surface area contributed by atoms with E-state index in [9.17, 15) is 25.3 Å². The van der Waals surface area contributed by atoms with Crippen LogP contribution in [0.4, 0.5) is 34.9 Å². The smallest absolute Gasteiger partial charge is 0.233 e. The van der Waals surface area contributed by atoms with Crippen LogP contribution < -0.4 is 30.2 Å². The third-order valence-corrected chi connectivity index (χ3v) is 15.3. The molecule has 18 nitrogen and oxygen atoms in total. The summed E-state index contributed by atoms with van der Waals surface area (Å²) in [5, 5.41) is 10.0. The second-order valence-electron chi connectivity index (χ2n) is 16.7. The Morgan fingerprint density at radius 1 is 0.375 bits per heavy atom. The number of nitrogens with zero attached hydrogens (tertiary/aromatic N) is 6. The number of hydrogen-bond donors (Lipinski definition) is 3. The van der Waals surface area contributed by atoms with Gasteiger partial charge in [-0.15, -0.1) is 0 Å². The van der Waals surface area contributed by atoms with Crippen LogP contribution in [0.25, 0.3) is 33.4 Å². The lowest BCUT2D eigenvalue weighted by Crippen LogP contribution is -2.29. The second kappa shape index (κ2) is 23.4. The molecule has 3 N–H and O–H groups in total. The highest BCUT2D eigenvalue weighted by atomic mass is 32.2. The lowest BCUT2D eigenvalue weighted by atomic mass is 10.0. The molecule has 7 rings (SSSR count). The molecule has 1 aromatic heterocycles. The van der Waals surface area contributed by atoms with Gasteiger partial charge in [0.1, 0.15) is 37.1 Å². The number of benzene rings is 6. The highest BCUT2D eigenvalue weighted by Gasteiger charge is 2.19. The van der Waals surface area contributed by atoms with Gasteiger partial charge in [-0.2, -0.15) is 15.0 Å². The Morgan fingerprint density at radius 3 is 0.861 bits per heavy atom. The summed E-state index contributed by atoms with van der Waals surface area (Å²) in [7, 11) is -5.97. The van der Waals surface area contributed by atoms with Crippen LogP contribution in [0.5, 0.6) is 17.2 Å². The fourth-order valence-electron chi connectivity index (χ4n) is 6.95. The molecule has 378 valence electrons. The summed E-state index contributed by atoms with van der Waals surface area (Å²) in [5.41, 5.74) is 6.65. The Hall–Kier alpha value is -7.14. The molecule has 21 heteroatoms. The van der Waals surface area contributed by atoms with E-state index >= 15 is 0 Å². The molecule has 0 amide bonds. The van der Waals surface area contributed by atoms with Crippen molar-refractivity contribution in [3.05, 3.63) is 146 Å². The molecule has 0 aliphatic rings. The van der Waals surface area contributed by atoms with Crippen LogP contribution in [0.2, 0.25) is 0 Å². The van der Waals surface area contributed by atoms with Crippen LogP contribution in [0.1, 0.15) is 0 Å². The third kappa shape index (κ3) is 14.7. The summed E-state index contributed by atoms with van der Waals surface area (Å²) in [5.74, 6) is 1.34. The largest absolute Gasteiger partial charge is 0.490 e. The molecule has 1 heterocycles. The Kier molecular flexibility index (Phi) is 17.1. The van der Waals surface area contributed by atoms with Gasteiger partial charge in [0.15, 0.2) is 0 Å². The van der Waals surface area contributed by atoms with E-state index in [-0.39, 0.29) is 57.3 Å². The highest BCUT2D eigenvalue weighted by molar-refractivity contribution is 7.88. The average Bonchev–Trinajstić information content (AvgIpc) is 3.35. The molecular weight excluding hydrogens is 979 g/mol. The average molecular weight is 1040 g/mol. The summed E-state index contributed by atoms with van der Waals surface area (Å²) >= 11 is 0. The van der Waals surface area contributed by atoms with Crippen molar-refractivity contribution in [2.24, 2.45) is 0 Å². The van der Waals surface area contributed by atoms with Crippen molar-refractivity contribution in [1.29, 1.82) is 0 Å². The third-order valence-electron chi connectivity index (χ3n) is 11.3. The number of likely N-dealkylation sites (N-methyl/N-ethyl adjacent to an activating group) is 3. The minimum Gasteiger partial charge on any atom is -0.490 e. The van der Waals surface area contributed by atoms with Crippen molar-refractivity contribution in [1.82, 2.24) is 27.9 Å². The number of nitrogens with one attached hydrogen (secondary N) is 3. The quantitative estimate of drug-likeness (QED) is 0.0524. The predicted octanol–water partition coefficient (Wildman–Crippen LogP) is 7.91. The maximum atomic E-state index is 12.2. The molecule has 0 atom stereocenters. The van der Waals surface area contributed by atoms with E-state index in [1.165, 1.54) is 34.1 Å². The van der Waals surface area contributed by atoms with E-state index in [0.29, 0.717) is 34.3 Å². The number of hydrogen-bond acceptors (Lipinski definition) is 15. The van der Waals surface area contributed by atoms with Gasteiger partial charge in [0.05, 0.1) is 35.8 Å². The number of aromatic nitrogens is 3. The van der Waals surface area contributed by atoms with Crippen molar-refractivity contribution in [2.75, 3.05) is 95.3 Å². The molecule has 0 unspecified atom stereocenters. The molecule has 0 saturated carbocycles. The molecular formula is C51H57N9O9S3. The van der Waals surface area contributed by atoms with Crippen molar-refractivity contribution in [2.45, 2.75) is 0 Å². The SMILES string of the molecule is CN(CCOc1ccc(-c2ccccc2)cc1Nc1nc(Nc2cc(-c3ccccc3)ccc2OCCN(C)S(C)(=O)=O)nc(Nc2cc(-c3ccccc3)ccc2OCCN(C)S(C)(=O)=O)n1)S(C)(=O)=O. The molecule has 6 aromatic carbocycles. The Balaban J connectivity index is 1.33. The van der Waals surface area contributed by atoms with E-state index in [1.807, 2.05) is 127 Å². The molecule has 0 aliphatic heterocycles. The number of anilines is 6. The van der Waals surface area contributed by atoms with Gasteiger partial charge in [0, 0.05) is 40.8 Å². The van der Waals surface area contributed by atoms with Crippen LogP contribution >= 0.6 is 0 Å². The Labute approximate surface area is 421 Å². The molecule has 0 spiro atoms. The fourth-order valence-corrected chi connectivity index (χ4v) is 8.16. The van der Waals surface area contributed by atoms with E-state index in [0.717, 1.165) is 52.1 Å². The van der Waals surface area contributed by atoms with Gasteiger partial charge in [-0.05, 0) is 69.8 Å². The second-order valence-corrected chi connectivity index (χ2v) is 23.0. The molecule has 7 aromatic rings. The molecule has 0 fully saturated rings. The zero-order valence-corrected chi connectivity index (χ0v) is 43.1. The first-order valence-electron chi connectivity index (χ1n) is 22.6. The molecule has 72 heavy (non-hydrogen) atoms. The van der Waals surface area contributed by atoms with E-state index < -0.39 is 30.1 Å². The molecule has 0 saturated heterocycles. The van der Waals surface area contributed by atoms with Crippen molar-refractivity contribution < 1.29 is 39.5 Å². The summed E-state index contributed by atoms with van der Waals surface area (Å²) in [4.78, 5) is 14.5. The predicted molar refractivity (Wildman–Crippen MR) is 284 cm³/mol. The van der Waals surface area contributed by atoms with Crippen molar-refractivity contribution in [3.8, 4) is 50.6 Å². The number of ether oxygens (including phenoxy) is 3. The van der Waals surface area contributed by atoms with E-state index in [2.05, 4.69) is 16.0 Å². The Bertz CT molecular complexity index is 2940. The first-order valence-corrected chi connectivity index (χ1v) is 28.1. The van der Waals surface area contributed by atoms with Crippen LogP contribution in [-0.4, -0.2) is 132 Å². The zero-order chi connectivity index (χ0) is 51.5. The van der Waals surface area contributed by atoms with Gasteiger partial charge in [-0.1, -0.05) is 109 Å². The topological polar surface area (TPSA) is 215 Å². The lowest BCUT2D eigenvalue weighted by molar-refractivity contribution is 0.288. The number of rotatable bonds is 24. The van der Waals surface area contributed by atoms with Gasteiger partial charge in [-0.25, -0.2) is 38.2 Å². The van der Waals surface area contributed by atoms with Crippen LogP contribution in [0, 0.1) is 0 Å². The van der Waals surface area contributed by atoms with E-state index in [1.54, 1.807) is 18.2 Å². The van der Waals surface area contributed by atoms with Gasteiger partial charge in [-0.3, -0.25) is 0 Å². The van der Waals surface area contributed by atoms with Crippen molar-refractivity contribution in [3.63, 3.8) is 0 Å². The van der Waals surface area contributed by atoms with Crippen LogP contribution in [0.3, 0.4) is 0 Å². The molecule has 0 bridgehead atoms. The minimum atomic E-state index is -3.47. The fraction of sp³-hybridized carbons (Fsp3) is 0.235. The van der Waals surface area contributed by atoms with Gasteiger partial charge < -0.3 is 30.2 Å². The first-order chi connectivity index (χ1) is 34.3. The summed E-state index contributed by atoms with van der Waals surface area (Å²) in [6, 6.07) is 45.8. The monoisotopic (exact) mass is 1040 g/mol.